The summed E-state index contributed by atoms with van der Waals surface area (Å²) in [5.41, 5.74) is 1.94. The fourth-order valence-electron chi connectivity index (χ4n) is 10.4. The first-order valence-electron chi connectivity index (χ1n) is 33.5. The molecule has 0 aliphatic carbocycles. The molecule has 0 saturated heterocycles. The van der Waals surface area contributed by atoms with Gasteiger partial charge in [0, 0.05) is 162 Å². The number of aromatic nitrogens is 2. The number of esters is 2. The Bertz CT molecular complexity index is 3650. The quantitative estimate of drug-likeness (QED) is 0.0250. The molecule has 8 heterocycles. The van der Waals surface area contributed by atoms with Gasteiger partial charge in [-0.25, -0.2) is 29.0 Å². The van der Waals surface area contributed by atoms with Gasteiger partial charge in [-0.05, 0) is 67.2 Å². The van der Waals surface area contributed by atoms with E-state index in [9.17, 15) is 86.3 Å². The van der Waals surface area contributed by atoms with E-state index in [1.54, 1.807) is 13.8 Å². The van der Waals surface area contributed by atoms with Crippen LogP contribution in [0.2, 0.25) is 0 Å². The van der Waals surface area contributed by atoms with Gasteiger partial charge in [0.25, 0.3) is 70.9 Å². The molecule has 0 fully saturated rings. The summed E-state index contributed by atoms with van der Waals surface area (Å²) in [5.74, 6) is -11.0. The number of imide groups is 6. The van der Waals surface area contributed by atoms with E-state index < -0.39 is 131 Å². The molecule has 0 saturated carbocycles. The van der Waals surface area contributed by atoms with Crippen molar-refractivity contribution in [3.8, 4) is 11.8 Å². The predicted octanol–water partition coefficient (Wildman–Crippen LogP) is 7.89. The van der Waals surface area contributed by atoms with E-state index in [0.717, 1.165) is 116 Å². The van der Waals surface area contributed by atoms with Gasteiger partial charge in [0.1, 0.15) is 24.2 Å². The number of ether oxygens (including phenoxy) is 2. The number of amides is 12. The zero-order valence-corrected chi connectivity index (χ0v) is 76.3. The average molecular weight is 1750 g/mol. The second-order valence-electron chi connectivity index (χ2n) is 24.2. The van der Waals surface area contributed by atoms with Gasteiger partial charge in [-0.3, -0.25) is 86.7 Å². The molecule has 0 aromatic carbocycles. The number of hydrogen-bond donors (Lipinski definition) is 4. The monoisotopic (exact) mass is 1740 g/mol. The molecule has 0 bridgehead atoms. The number of carbonyl (C=O) groups is 18. The molecular formula is C70H88N8O24S2Zn4. The van der Waals surface area contributed by atoms with Crippen LogP contribution in [0, 0.1) is 0 Å². The summed E-state index contributed by atoms with van der Waals surface area (Å²) in [6, 6.07) is -4.13. The van der Waals surface area contributed by atoms with Crippen molar-refractivity contribution in [3.05, 3.63) is 80.7 Å². The van der Waals surface area contributed by atoms with Crippen LogP contribution in [0.25, 0.3) is 0 Å². The number of carboxylic acid groups (broad SMARTS) is 4. The largest absolute Gasteiger partial charge is 0.480 e. The smallest absolute Gasteiger partial charge is 0.326 e. The molecule has 6 aliphatic rings. The summed E-state index contributed by atoms with van der Waals surface area (Å²) < 4.78 is 9.49. The number of hydrogen-bond acceptors (Lipinski definition) is 24. The number of thiazole rings is 2. The molecule has 572 valence electrons. The van der Waals surface area contributed by atoms with Gasteiger partial charge in [0.05, 0.1) is 10.8 Å². The first-order valence-corrected chi connectivity index (χ1v) is 35.2. The Morgan fingerprint density at radius 1 is 0.343 bits per heavy atom. The van der Waals surface area contributed by atoms with Crippen molar-refractivity contribution < 1.29 is 194 Å². The van der Waals surface area contributed by atoms with E-state index in [4.69, 9.17) is 29.9 Å². The molecule has 4 unspecified atom stereocenters. The third-order valence-corrected chi connectivity index (χ3v) is 17.4. The summed E-state index contributed by atoms with van der Waals surface area (Å²) in [6.07, 6.45) is 21.1. The molecule has 8 rings (SSSR count). The summed E-state index contributed by atoms with van der Waals surface area (Å²) in [5, 5.41) is 39.8. The molecule has 0 spiro atoms. The minimum absolute atomic E-state index is 0. The summed E-state index contributed by atoms with van der Waals surface area (Å²) in [6.45, 7) is 19.8. The van der Waals surface area contributed by atoms with Crippen LogP contribution in [0.4, 0.5) is 10.3 Å². The van der Waals surface area contributed by atoms with Crippen LogP contribution in [0.1, 0.15) is 199 Å². The first kappa shape index (κ1) is 102. The maximum Gasteiger partial charge on any atom is 0.326 e. The van der Waals surface area contributed by atoms with E-state index in [0.29, 0.717) is 84.8 Å². The number of rotatable bonds is 30. The molecule has 4 N–H and O–H groups in total. The molecule has 32 nitrogen and oxygen atoms in total. The molecule has 108 heavy (non-hydrogen) atoms. The number of nitrogens with zero attached hydrogens (tertiary/aromatic N) is 8. The third-order valence-electron chi connectivity index (χ3n) is 15.8. The molecular weight excluding hydrogens is 1660 g/mol. The zero-order chi connectivity index (χ0) is 78.6. The van der Waals surface area contributed by atoms with E-state index in [1.807, 2.05) is 13.8 Å². The molecule has 2 aromatic heterocycles. The van der Waals surface area contributed by atoms with Crippen LogP contribution >= 0.6 is 22.7 Å². The van der Waals surface area contributed by atoms with E-state index in [-0.39, 0.29) is 99.9 Å². The standard InChI is InChI=1S/2C13H19NO4.2C12H17NO4.2C10H8N2O4S.4Zn/c2*1-3-4-5-6-7-10(13(17)18)14-11(15)8-9(2)12(14)16;2*1-3-4-5-6-9(12(16)17)13-10(14)7-8(2)11(13)15;2*1-5-3-8(14)12(9(5)15)10-11-7(4-17-10)16-6(2)13;;;;/h2*8,10H,3-7H2,1-2H3,(H,17,18);2*7,9H,3-6H2,1-2H3,(H,16,17);2*3-4H,1-2H3;;;;. The number of carbonyl (C=O) groups excluding carboxylic acids is 14. The van der Waals surface area contributed by atoms with Crippen LogP contribution in [-0.4, -0.2) is 181 Å². The van der Waals surface area contributed by atoms with Gasteiger partial charge in [-0.15, -0.1) is 22.7 Å². The Morgan fingerprint density at radius 3 is 0.722 bits per heavy atom. The van der Waals surface area contributed by atoms with Crippen molar-refractivity contribution in [2.45, 2.75) is 223 Å². The van der Waals surface area contributed by atoms with Crippen molar-refractivity contribution in [2.24, 2.45) is 0 Å². The topological polar surface area (TPSA) is 452 Å². The number of carboxylic acids is 4. The van der Waals surface area contributed by atoms with Gasteiger partial charge in [0.2, 0.25) is 22.0 Å². The molecule has 0 radical (unpaired) electrons. The Labute approximate surface area is 683 Å². The van der Waals surface area contributed by atoms with Crippen LogP contribution in [-0.2, 0) is 164 Å². The molecule has 2 aromatic rings. The van der Waals surface area contributed by atoms with Crippen molar-refractivity contribution in [3.63, 3.8) is 0 Å². The van der Waals surface area contributed by atoms with E-state index in [1.165, 1.54) is 88.8 Å². The number of anilines is 2. The minimum Gasteiger partial charge on any atom is -0.480 e. The summed E-state index contributed by atoms with van der Waals surface area (Å²) in [7, 11) is 0. The normalized spacial score (nSPS) is 15.9. The first-order chi connectivity index (χ1) is 48.9. The van der Waals surface area contributed by atoms with Crippen LogP contribution in [0.15, 0.2) is 80.7 Å². The summed E-state index contributed by atoms with van der Waals surface area (Å²) >= 11 is 2.12. The summed E-state index contributed by atoms with van der Waals surface area (Å²) in [4.78, 5) is 218. The van der Waals surface area contributed by atoms with Crippen LogP contribution in [0.5, 0.6) is 11.8 Å². The van der Waals surface area contributed by atoms with E-state index in [2.05, 4.69) is 23.8 Å². The van der Waals surface area contributed by atoms with E-state index >= 15 is 0 Å². The Morgan fingerprint density at radius 2 is 0.546 bits per heavy atom. The fourth-order valence-corrected chi connectivity index (χ4v) is 11.9. The average Bonchev–Trinajstić information content (AvgIpc) is 1.70. The maximum atomic E-state index is 11.7. The van der Waals surface area contributed by atoms with Crippen molar-refractivity contribution in [1.29, 1.82) is 0 Å². The SMILES string of the molecule is CC(=O)Oc1csc(N2C(=O)C=C(C)C2=O)n1.CC(=O)Oc1csc(N2C(=O)C=C(C)C2=O)n1.CCCCCC(C(=O)O)N1C(=O)C=C(C)C1=O.CCCCCC(C(=O)O)N1C(=O)C=C(C)C1=O.CCCCCCC(C(=O)O)N1C(=O)C=C(C)C1=O.CCCCCCC(C(=O)O)N1C(=O)C=C(C)C1=O.[Zn].[Zn].[Zn].[Zn]. The predicted molar refractivity (Wildman–Crippen MR) is 373 cm³/mol. The maximum absolute atomic E-state index is 11.7. The second kappa shape index (κ2) is 49.8. The molecule has 6 aliphatic heterocycles. The van der Waals surface area contributed by atoms with Crippen molar-refractivity contribution in [1.82, 2.24) is 29.6 Å². The molecule has 4 atom stereocenters. The molecule has 12 amide bonds. The fraction of sp³-hybridized carbons (Fsp3) is 0.486. The van der Waals surface area contributed by atoms with Crippen molar-refractivity contribution in [2.75, 3.05) is 9.80 Å². The Balaban J connectivity index is 0. The second-order valence-corrected chi connectivity index (χ2v) is 25.9. The van der Waals surface area contributed by atoms with Gasteiger partial charge >= 0.3 is 35.8 Å². The van der Waals surface area contributed by atoms with Gasteiger partial charge in [-0.1, -0.05) is 118 Å². The zero-order valence-electron chi connectivity index (χ0n) is 62.8. The molecule has 38 heteroatoms. The van der Waals surface area contributed by atoms with Crippen molar-refractivity contribution >= 4 is 140 Å². The number of aliphatic carboxylic acids is 4. The van der Waals surface area contributed by atoms with Gasteiger partial charge in [0.15, 0.2) is 0 Å². The van der Waals surface area contributed by atoms with Gasteiger partial charge < -0.3 is 29.9 Å². The third kappa shape index (κ3) is 29.7. The minimum atomic E-state index is -1.12. The number of unbranched alkanes of at least 4 members (excludes halogenated alkanes) is 10. The van der Waals surface area contributed by atoms with Gasteiger partial charge in [-0.2, -0.15) is 9.97 Å². The Kier molecular flexibility index (Phi) is 47.0. The van der Waals surface area contributed by atoms with Crippen LogP contribution < -0.4 is 19.3 Å². The van der Waals surface area contributed by atoms with Crippen LogP contribution in [0.3, 0.4) is 0 Å². The Hall–Kier alpha value is -8.15.